The zero-order valence-corrected chi connectivity index (χ0v) is 41.3. The molecule has 4 unspecified atom stereocenters. The van der Waals surface area contributed by atoms with E-state index in [0.717, 1.165) is 51.9 Å². The molecule has 0 bridgehead atoms. The normalized spacial score (nSPS) is 28.2. The van der Waals surface area contributed by atoms with E-state index in [2.05, 4.69) is 20.3 Å². The fourth-order valence-corrected chi connectivity index (χ4v) is 15.7. The van der Waals surface area contributed by atoms with Crippen molar-refractivity contribution in [1.82, 2.24) is 39.0 Å². The molecule has 0 aliphatic carbocycles. The number of halogens is 8. The Hall–Kier alpha value is 2.76. The molecule has 0 aromatic rings. The van der Waals surface area contributed by atoms with Crippen LogP contribution in [0.4, 0.5) is 0 Å². The predicted octanol–water partition coefficient (Wildman–Crippen LogP) is 7.54. The minimum absolute atomic E-state index is 0.423. The van der Waals surface area contributed by atoms with Crippen LogP contribution in [0.15, 0.2) is 0 Å². The van der Waals surface area contributed by atoms with E-state index in [1.807, 2.05) is 0 Å². The van der Waals surface area contributed by atoms with Crippen molar-refractivity contribution in [3.63, 3.8) is 0 Å². The Morgan fingerprint density at radius 1 is 0.339 bits per heavy atom. The smallest absolute Gasteiger partial charge is 0.306 e. The Morgan fingerprint density at radius 2 is 0.500 bits per heavy atom. The third kappa shape index (κ3) is 21.4. The molecule has 0 aromatic heterocycles. The molecule has 4 atom stereocenters. The molecular weight excluding hydrogens is 984 g/mol. The van der Waals surface area contributed by atoms with E-state index in [-0.39, 0.29) is 0 Å². The molecule has 0 amide bonds. The van der Waals surface area contributed by atoms with Crippen LogP contribution in [0.5, 0.6) is 0 Å². The van der Waals surface area contributed by atoms with Gasteiger partial charge in [0.25, 0.3) is 0 Å². The number of hydrogen-bond donors (Lipinski definition) is 4. The molecule has 0 spiro atoms. The van der Waals surface area contributed by atoms with Gasteiger partial charge in [-0.1, -0.05) is 0 Å². The van der Waals surface area contributed by atoms with Gasteiger partial charge < -0.3 is 18.1 Å². The topological polar surface area (TPSA) is 166 Å². The highest BCUT2D eigenvalue weighted by molar-refractivity contribution is 7.55. The minimum atomic E-state index is -2.84. The first kappa shape index (κ1) is 56.8. The molecule has 28 heteroatoms. The summed E-state index contributed by atoms with van der Waals surface area (Å²) in [5.41, 5.74) is 0. The summed E-state index contributed by atoms with van der Waals surface area (Å²) in [6, 6.07) is 0. The maximum Gasteiger partial charge on any atom is 0.343 e. The molecule has 0 aromatic carbocycles. The lowest BCUT2D eigenvalue weighted by Gasteiger charge is -2.33. The molecule has 4 N–H and O–H groups in total. The predicted molar refractivity (Wildman–Crippen MR) is 237 cm³/mol. The van der Waals surface area contributed by atoms with Crippen LogP contribution in [-0.2, 0) is 36.4 Å². The van der Waals surface area contributed by atoms with Crippen molar-refractivity contribution in [3.8, 4) is 0 Å². The second-order valence-electron chi connectivity index (χ2n) is 11.8. The van der Waals surface area contributed by atoms with Gasteiger partial charge in [0, 0.05) is 126 Å². The summed E-state index contributed by atoms with van der Waals surface area (Å²) in [5, 5.41) is 11.6. The second kappa shape index (κ2) is 33.3. The van der Waals surface area contributed by atoms with Gasteiger partial charge in [-0.15, -0.1) is 92.8 Å². The summed E-state index contributed by atoms with van der Waals surface area (Å²) in [6.07, 6.45) is 3.55. The van der Waals surface area contributed by atoms with Crippen molar-refractivity contribution in [2.45, 2.75) is 25.7 Å². The van der Waals surface area contributed by atoms with E-state index in [9.17, 15) is 18.3 Å². The number of hydrogen-bond acceptors (Lipinski definition) is 8. The third-order valence-electron chi connectivity index (χ3n) is 7.83. The Kier molecular flexibility index (Phi) is 33.8. The number of rotatable bonds is 20. The molecule has 4 aliphatic heterocycles. The van der Waals surface area contributed by atoms with Crippen molar-refractivity contribution >= 4 is 123 Å². The standard InChI is InChI=1S/4C7H15Cl2N2O2P/c4*8-2-5-11(6-3-9)14(12)10-4-1-7-13-14/h4*1-7H2,(H,10,12). The summed E-state index contributed by atoms with van der Waals surface area (Å²) in [6.45, 7) is 9.23. The highest BCUT2D eigenvalue weighted by Gasteiger charge is 2.35. The largest absolute Gasteiger partial charge is 0.343 e. The van der Waals surface area contributed by atoms with Crippen LogP contribution in [0.3, 0.4) is 0 Å². The first-order valence-electron chi connectivity index (χ1n) is 18.4. The summed E-state index contributed by atoms with van der Waals surface area (Å²) in [7, 11) is -11.4. The third-order valence-corrected chi connectivity index (χ3v) is 18.4. The number of nitrogens with one attached hydrogen (secondary N) is 4. The monoisotopic (exact) mass is 1040 g/mol. The molecular formula is C28H60Cl8N8O8P4. The summed E-state index contributed by atoms with van der Waals surface area (Å²) < 4.78 is 76.7. The Balaban J connectivity index is 0.000000373. The van der Waals surface area contributed by atoms with Crippen LogP contribution in [-0.4, -0.2) is 171 Å². The number of nitrogens with zero attached hydrogens (tertiary/aromatic N) is 4. The zero-order chi connectivity index (χ0) is 41.8. The molecule has 4 aliphatic rings. The van der Waals surface area contributed by atoms with Crippen molar-refractivity contribution in [3.05, 3.63) is 0 Å². The Morgan fingerprint density at radius 3 is 0.607 bits per heavy atom. The van der Waals surface area contributed by atoms with E-state index in [1.54, 1.807) is 18.7 Å². The van der Waals surface area contributed by atoms with Crippen molar-refractivity contribution in [1.29, 1.82) is 0 Å². The highest BCUT2D eigenvalue weighted by atomic mass is 35.5. The second-order valence-corrected chi connectivity index (χ2v) is 23.5. The fourth-order valence-electron chi connectivity index (χ4n) is 5.11. The van der Waals surface area contributed by atoms with Crippen molar-refractivity contribution in [2.24, 2.45) is 0 Å². The lowest BCUT2D eigenvalue weighted by Crippen LogP contribution is -2.35. The maximum absolute atomic E-state index is 12.2. The van der Waals surface area contributed by atoms with Gasteiger partial charge in [-0.05, 0) is 25.7 Å². The van der Waals surface area contributed by atoms with Crippen LogP contribution in [0.25, 0.3) is 0 Å². The average molecular weight is 1040 g/mol. The van der Waals surface area contributed by atoms with Gasteiger partial charge in [-0.25, -0.2) is 39.0 Å². The van der Waals surface area contributed by atoms with E-state index < -0.39 is 30.7 Å². The van der Waals surface area contributed by atoms with E-state index in [4.69, 9.17) is 111 Å². The summed E-state index contributed by atoms with van der Waals surface area (Å²) in [5.74, 6) is 3.38. The van der Waals surface area contributed by atoms with Crippen molar-refractivity contribution < 1.29 is 36.4 Å². The van der Waals surface area contributed by atoms with Crippen molar-refractivity contribution in [2.75, 3.05) is 152 Å². The van der Waals surface area contributed by atoms with E-state index in [1.165, 1.54) is 0 Å². The van der Waals surface area contributed by atoms with Crippen LogP contribution >= 0.6 is 123 Å². The van der Waals surface area contributed by atoms with Crippen LogP contribution < -0.4 is 20.3 Å². The lowest BCUT2D eigenvalue weighted by molar-refractivity contribution is 0.232. The Labute approximate surface area is 374 Å². The molecule has 0 radical (unpaired) electrons. The van der Waals surface area contributed by atoms with Gasteiger partial charge in [0.15, 0.2) is 0 Å². The quantitative estimate of drug-likeness (QED) is 0.0698. The Bertz CT molecular complexity index is 983. The first-order chi connectivity index (χ1) is 26.9. The van der Waals surface area contributed by atoms with Gasteiger partial charge >= 0.3 is 30.7 Å². The maximum atomic E-state index is 12.2. The van der Waals surface area contributed by atoms with Gasteiger partial charge in [0.2, 0.25) is 0 Å². The first-order valence-corrected chi connectivity index (χ1v) is 29.0. The van der Waals surface area contributed by atoms with E-state index in [0.29, 0.717) is 126 Å². The lowest BCUT2D eigenvalue weighted by atomic mass is 10.5. The van der Waals surface area contributed by atoms with Gasteiger partial charge in [-0.2, -0.15) is 0 Å². The molecule has 4 saturated heterocycles. The average Bonchev–Trinajstić information content (AvgIpc) is 3.19. The van der Waals surface area contributed by atoms with Crippen LogP contribution in [0.2, 0.25) is 0 Å². The van der Waals surface area contributed by atoms with E-state index >= 15 is 0 Å². The van der Waals surface area contributed by atoms with Crippen LogP contribution in [0, 0.1) is 0 Å². The van der Waals surface area contributed by atoms with Gasteiger partial charge in [-0.3, -0.25) is 18.3 Å². The fraction of sp³-hybridized carbons (Fsp3) is 1.00. The summed E-state index contributed by atoms with van der Waals surface area (Å²) >= 11 is 45.0. The molecule has 336 valence electrons. The minimum Gasteiger partial charge on any atom is -0.306 e. The molecule has 0 saturated carbocycles. The highest BCUT2D eigenvalue weighted by Crippen LogP contribution is 2.50. The van der Waals surface area contributed by atoms with Gasteiger partial charge in [0.1, 0.15) is 0 Å². The SMILES string of the molecule is O=P1(N(CCCl)CCCl)NCCCO1.O=P1(N(CCCl)CCCl)NCCCO1.O=P1(N(CCCl)CCCl)NCCCO1.O=P1(N(CCCl)CCCl)NCCCO1. The molecule has 56 heavy (non-hydrogen) atoms. The summed E-state index contributed by atoms with van der Waals surface area (Å²) in [4.78, 5) is 0. The van der Waals surface area contributed by atoms with Crippen LogP contribution in [0.1, 0.15) is 25.7 Å². The van der Waals surface area contributed by atoms with Gasteiger partial charge in [0.05, 0.1) is 26.4 Å². The number of alkyl halides is 8. The molecule has 4 heterocycles. The molecule has 4 fully saturated rings. The molecule has 16 nitrogen and oxygen atoms in total. The zero-order valence-electron chi connectivity index (χ0n) is 31.7. The molecule has 4 rings (SSSR count).